The largest absolute Gasteiger partial charge is 0.481 e. The number of carbonyl (C=O) groups is 2. The van der Waals surface area contributed by atoms with Gasteiger partial charge < -0.3 is 9.84 Å². The molecule has 0 aromatic carbocycles. The highest BCUT2D eigenvalue weighted by Crippen LogP contribution is 1.97. The molecule has 0 aliphatic rings. The summed E-state index contributed by atoms with van der Waals surface area (Å²) in [6.07, 6.45) is 4.78. The van der Waals surface area contributed by atoms with Gasteiger partial charge in [0, 0.05) is 0 Å². The van der Waals surface area contributed by atoms with Gasteiger partial charge in [0.1, 0.15) is 0 Å². The average molecular weight is 156 g/mol. The second-order valence-corrected chi connectivity index (χ2v) is 1.87. The lowest BCUT2D eigenvalue weighted by atomic mass is 10.2. The van der Waals surface area contributed by atoms with Crippen LogP contribution in [0.3, 0.4) is 0 Å². The second-order valence-electron chi connectivity index (χ2n) is 1.87. The first-order valence-corrected chi connectivity index (χ1v) is 2.92. The van der Waals surface area contributed by atoms with Crippen LogP contribution in [0.5, 0.6) is 0 Å². The molecule has 0 bridgehead atoms. The Morgan fingerprint density at radius 3 is 2.64 bits per heavy atom. The quantitative estimate of drug-likeness (QED) is 0.351. The third-order valence-corrected chi connectivity index (χ3v) is 1.02. The van der Waals surface area contributed by atoms with E-state index in [9.17, 15) is 9.59 Å². The molecule has 0 aliphatic heterocycles. The summed E-state index contributed by atoms with van der Waals surface area (Å²) in [5.74, 6) is -1.12. The van der Waals surface area contributed by atoms with Crippen molar-refractivity contribution in [3.8, 4) is 12.3 Å². The first kappa shape index (κ1) is 9.50. The molecule has 1 unspecified atom stereocenters. The number of hydrogen-bond acceptors (Lipinski definition) is 3. The Kier molecular flexibility index (Phi) is 3.75. The van der Waals surface area contributed by atoms with Gasteiger partial charge in [0.05, 0.1) is 0 Å². The summed E-state index contributed by atoms with van der Waals surface area (Å²) in [6.45, 7) is 1.05. The van der Waals surface area contributed by atoms with E-state index in [2.05, 4.69) is 10.7 Å². The van der Waals surface area contributed by atoms with E-state index < -0.39 is 17.9 Å². The third-order valence-electron chi connectivity index (χ3n) is 1.02. The Balaban J connectivity index is 3.85. The van der Waals surface area contributed by atoms with Crippen molar-refractivity contribution in [3.63, 3.8) is 0 Å². The van der Waals surface area contributed by atoms with Gasteiger partial charge in [-0.15, -0.1) is 6.42 Å². The van der Waals surface area contributed by atoms with Gasteiger partial charge in [-0.05, 0) is 6.92 Å². The smallest absolute Gasteiger partial charge is 0.320 e. The summed E-state index contributed by atoms with van der Waals surface area (Å²) < 4.78 is 4.36. The van der Waals surface area contributed by atoms with Crippen molar-refractivity contribution >= 4 is 11.9 Å². The Hall–Kier alpha value is -1.50. The SMILES string of the molecule is C#CCOC(=O)C(C)C(=O)O. The van der Waals surface area contributed by atoms with Gasteiger partial charge in [0.25, 0.3) is 0 Å². The van der Waals surface area contributed by atoms with E-state index in [0.717, 1.165) is 0 Å². The normalized spacial score (nSPS) is 11.3. The number of carbonyl (C=O) groups excluding carboxylic acids is 1. The Labute approximate surface area is 64.2 Å². The minimum Gasteiger partial charge on any atom is -0.481 e. The van der Waals surface area contributed by atoms with Crippen LogP contribution in [0.15, 0.2) is 0 Å². The van der Waals surface area contributed by atoms with Crippen molar-refractivity contribution in [2.24, 2.45) is 5.92 Å². The van der Waals surface area contributed by atoms with Crippen molar-refractivity contribution in [3.05, 3.63) is 0 Å². The minimum absolute atomic E-state index is 0.184. The van der Waals surface area contributed by atoms with Gasteiger partial charge in [0.15, 0.2) is 12.5 Å². The molecule has 0 rings (SSSR count). The Morgan fingerprint density at radius 2 is 2.27 bits per heavy atom. The van der Waals surface area contributed by atoms with E-state index in [0.29, 0.717) is 0 Å². The van der Waals surface area contributed by atoms with Gasteiger partial charge in [-0.2, -0.15) is 0 Å². The second kappa shape index (κ2) is 4.34. The summed E-state index contributed by atoms with van der Waals surface area (Å²) in [5, 5.41) is 8.30. The van der Waals surface area contributed by atoms with Crippen molar-refractivity contribution in [1.29, 1.82) is 0 Å². The number of esters is 1. The zero-order chi connectivity index (χ0) is 8.85. The van der Waals surface area contributed by atoms with E-state index in [1.807, 2.05) is 0 Å². The molecule has 0 aromatic rings. The predicted octanol–water partition coefficient (Wildman–Crippen LogP) is -0.117. The summed E-state index contributed by atoms with van der Waals surface area (Å²) in [4.78, 5) is 20.8. The summed E-state index contributed by atoms with van der Waals surface area (Å²) in [5.41, 5.74) is 0. The number of ether oxygens (including phenoxy) is 1. The lowest BCUT2D eigenvalue weighted by molar-refractivity contribution is -0.156. The number of carboxylic acids is 1. The van der Waals surface area contributed by atoms with E-state index in [1.54, 1.807) is 0 Å². The number of rotatable bonds is 3. The fraction of sp³-hybridized carbons (Fsp3) is 0.429. The molecule has 0 saturated carbocycles. The highest BCUT2D eigenvalue weighted by atomic mass is 16.5. The molecule has 1 atom stereocenters. The van der Waals surface area contributed by atoms with Crippen LogP contribution in [0.1, 0.15) is 6.92 Å². The zero-order valence-corrected chi connectivity index (χ0v) is 6.03. The summed E-state index contributed by atoms with van der Waals surface area (Å²) >= 11 is 0. The van der Waals surface area contributed by atoms with Crippen molar-refractivity contribution in [1.82, 2.24) is 0 Å². The maximum Gasteiger partial charge on any atom is 0.320 e. The van der Waals surface area contributed by atoms with E-state index in [1.165, 1.54) is 6.92 Å². The fourth-order valence-electron chi connectivity index (χ4n) is 0.339. The summed E-state index contributed by atoms with van der Waals surface area (Å²) in [7, 11) is 0. The predicted molar refractivity (Wildman–Crippen MR) is 36.6 cm³/mol. The molecule has 0 spiro atoms. The number of aliphatic carboxylic acids is 1. The Bertz CT molecular complexity index is 201. The lowest BCUT2D eigenvalue weighted by Crippen LogP contribution is -2.22. The van der Waals surface area contributed by atoms with Gasteiger partial charge in [-0.1, -0.05) is 5.92 Å². The third kappa shape index (κ3) is 3.26. The summed E-state index contributed by atoms with van der Waals surface area (Å²) in [6, 6.07) is 0. The van der Waals surface area contributed by atoms with Crippen LogP contribution < -0.4 is 0 Å². The van der Waals surface area contributed by atoms with Crippen LogP contribution in [0.4, 0.5) is 0 Å². The van der Waals surface area contributed by atoms with Crippen LogP contribution >= 0.6 is 0 Å². The van der Waals surface area contributed by atoms with E-state index in [4.69, 9.17) is 11.5 Å². The van der Waals surface area contributed by atoms with Crippen LogP contribution in [0.25, 0.3) is 0 Å². The van der Waals surface area contributed by atoms with Gasteiger partial charge in [0.2, 0.25) is 0 Å². The van der Waals surface area contributed by atoms with Gasteiger partial charge >= 0.3 is 11.9 Å². The zero-order valence-electron chi connectivity index (χ0n) is 6.03. The standard InChI is InChI=1S/C7H8O4/c1-3-4-11-7(10)5(2)6(8)9/h1,5H,4H2,2H3,(H,8,9). The maximum absolute atomic E-state index is 10.6. The Morgan fingerprint density at radius 1 is 1.73 bits per heavy atom. The van der Waals surface area contributed by atoms with Crippen molar-refractivity contribution < 1.29 is 19.4 Å². The van der Waals surface area contributed by atoms with Crippen LogP contribution in [-0.2, 0) is 14.3 Å². The van der Waals surface area contributed by atoms with Crippen molar-refractivity contribution in [2.45, 2.75) is 6.92 Å². The molecule has 0 radical (unpaired) electrons. The molecule has 0 aliphatic carbocycles. The van der Waals surface area contributed by atoms with E-state index in [-0.39, 0.29) is 6.61 Å². The number of carboxylic acid groups (broad SMARTS) is 1. The first-order valence-electron chi connectivity index (χ1n) is 2.92. The molecular formula is C7H8O4. The molecule has 0 heterocycles. The van der Waals surface area contributed by atoms with Crippen molar-refractivity contribution in [2.75, 3.05) is 6.61 Å². The molecule has 4 heteroatoms. The van der Waals surface area contributed by atoms with Crippen LogP contribution in [-0.4, -0.2) is 23.7 Å². The maximum atomic E-state index is 10.6. The fourth-order valence-corrected chi connectivity index (χ4v) is 0.339. The average Bonchev–Trinajstić information content (AvgIpc) is 1.98. The lowest BCUT2D eigenvalue weighted by Gasteiger charge is -2.03. The van der Waals surface area contributed by atoms with Gasteiger partial charge in [-0.25, -0.2) is 0 Å². The minimum atomic E-state index is -1.22. The van der Waals surface area contributed by atoms with E-state index >= 15 is 0 Å². The molecule has 1 N–H and O–H groups in total. The molecule has 4 nitrogen and oxygen atoms in total. The van der Waals surface area contributed by atoms with Gasteiger partial charge in [-0.3, -0.25) is 9.59 Å². The van der Waals surface area contributed by atoms with Crippen LogP contribution in [0.2, 0.25) is 0 Å². The molecule has 11 heavy (non-hydrogen) atoms. The highest BCUT2D eigenvalue weighted by molar-refractivity contribution is 5.93. The molecule has 0 aromatic heterocycles. The first-order chi connectivity index (χ1) is 5.09. The highest BCUT2D eigenvalue weighted by Gasteiger charge is 2.21. The molecular weight excluding hydrogens is 148 g/mol. The molecule has 0 fully saturated rings. The molecule has 60 valence electrons. The number of hydrogen-bond donors (Lipinski definition) is 1. The molecule has 0 amide bonds. The monoisotopic (exact) mass is 156 g/mol. The van der Waals surface area contributed by atoms with Crippen LogP contribution in [0, 0.1) is 18.3 Å². The number of terminal acetylenes is 1. The topological polar surface area (TPSA) is 63.6 Å². The molecule has 0 saturated heterocycles.